The third-order valence-electron chi connectivity index (χ3n) is 2.38. The molecule has 19 heavy (non-hydrogen) atoms. The van der Waals surface area contributed by atoms with E-state index in [0.717, 1.165) is 21.7 Å². The fraction of sp³-hybridized carbons (Fsp3) is 0.100. The second-order valence-electron chi connectivity index (χ2n) is 3.54. The number of anilines is 1. The summed E-state index contributed by atoms with van der Waals surface area (Å²) in [5.74, 6) is 0. The van der Waals surface area contributed by atoms with E-state index in [1.54, 1.807) is 5.38 Å². The van der Waals surface area contributed by atoms with Crippen LogP contribution in [0.5, 0.6) is 0 Å². The van der Waals surface area contributed by atoms with Gasteiger partial charge >= 0.3 is 0 Å². The molecule has 0 aliphatic heterocycles. The van der Waals surface area contributed by atoms with Gasteiger partial charge in [-0.15, -0.1) is 11.3 Å². The highest BCUT2D eigenvalue weighted by molar-refractivity contribution is 7.93. The second-order valence-corrected chi connectivity index (χ2v) is 6.38. The molecule has 9 heteroatoms. The van der Waals surface area contributed by atoms with Gasteiger partial charge in [-0.2, -0.15) is 0 Å². The van der Waals surface area contributed by atoms with Gasteiger partial charge in [0.2, 0.25) is 0 Å². The SMILES string of the molecule is CN(c1nccs1)S(=O)(=O)c1cccc([N+](=O)[O-])c1. The number of hydrogen-bond acceptors (Lipinski definition) is 6. The second kappa shape index (κ2) is 4.94. The average Bonchev–Trinajstić information content (AvgIpc) is 2.91. The number of rotatable bonds is 4. The molecule has 0 aliphatic carbocycles. The number of nitrogens with zero attached hydrogens (tertiary/aromatic N) is 3. The van der Waals surface area contributed by atoms with E-state index in [9.17, 15) is 18.5 Å². The van der Waals surface area contributed by atoms with E-state index in [4.69, 9.17) is 0 Å². The van der Waals surface area contributed by atoms with E-state index < -0.39 is 14.9 Å². The first-order chi connectivity index (χ1) is 8.93. The number of hydrogen-bond donors (Lipinski definition) is 0. The Bertz CT molecular complexity index is 697. The zero-order chi connectivity index (χ0) is 14.0. The summed E-state index contributed by atoms with van der Waals surface area (Å²) in [7, 11) is -2.49. The Balaban J connectivity index is 2.45. The quantitative estimate of drug-likeness (QED) is 0.634. The van der Waals surface area contributed by atoms with Gasteiger partial charge in [0.05, 0.1) is 9.82 Å². The zero-order valence-electron chi connectivity index (χ0n) is 9.76. The molecule has 0 amide bonds. The van der Waals surface area contributed by atoms with Gasteiger partial charge in [-0.05, 0) is 6.07 Å². The first-order valence-electron chi connectivity index (χ1n) is 5.06. The molecule has 7 nitrogen and oxygen atoms in total. The van der Waals surface area contributed by atoms with Crippen molar-refractivity contribution in [3.8, 4) is 0 Å². The van der Waals surface area contributed by atoms with E-state index >= 15 is 0 Å². The van der Waals surface area contributed by atoms with E-state index in [2.05, 4.69) is 4.98 Å². The minimum Gasteiger partial charge on any atom is -0.258 e. The molecule has 1 aromatic heterocycles. The summed E-state index contributed by atoms with van der Waals surface area (Å²) in [6.07, 6.45) is 1.49. The van der Waals surface area contributed by atoms with Gasteiger partial charge in [-0.25, -0.2) is 17.7 Å². The number of aromatic nitrogens is 1. The van der Waals surface area contributed by atoms with Crippen molar-refractivity contribution in [2.75, 3.05) is 11.4 Å². The Morgan fingerprint density at radius 1 is 1.42 bits per heavy atom. The Labute approximate surface area is 113 Å². The van der Waals surface area contributed by atoms with E-state index in [0.29, 0.717) is 5.13 Å². The van der Waals surface area contributed by atoms with Crippen molar-refractivity contribution in [1.29, 1.82) is 0 Å². The largest absolute Gasteiger partial charge is 0.270 e. The molecule has 1 heterocycles. The molecule has 1 aromatic carbocycles. The van der Waals surface area contributed by atoms with Crippen molar-refractivity contribution >= 4 is 32.2 Å². The minimum atomic E-state index is -3.84. The van der Waals surface area contributed by atoms with Crippen LogP contribution >= 0.6 is 11.3 Å². The summed E-state index contributed by atoms with van der Waals surface area (Å²) in [4.78, 5) is 13.8. The molecule has 0 spiro atoms. The van der Waals surface area contributed by atoms with Crippen molar-refractivity contribution in [3.05, 3.63) is 46.0 Å². The van der Waals surface area contributed by atoms with Crippen LogP contribution in [0.4, 0.5) is 10.8 Å². The first-order valence-corrected chi connectivity index (χ1v) is 7.38. The summed E-state index contributed by atoms with van der Waals surface area (Å²) in [5.41, 5.74) is -0.270. The normalized spacial score (nSPS) is 11.2. The van der Waals surface area contributed by atoms with Crippen molar-refractivity contribution in [3.63, 3.8) is 0 Å². The molecule has 0 radical (unpaired) electrons. The maximum atomic E-state index is 12.3. The van der Waals surface area contributed by atoms with Crippen molar-refractivity contribution < 1.29 is 13.3 Å². The summed E-state index contributed by atoms with van der Waals surface area (Å²) >= 11 is 1.16. The highest BCUT2D eigenvalue weighted by Gasteiger charge is 2.24. The average molecular weight is 299 g/mol. The van der Waals surface area contributed by atoms with Crippen LogP contribution in [-0.4, -0.2) is 25.4 Å². The fourth-order valence-corrected chi connectivity index (χ4v) is 3.42. The number of thiazole rings is 1. The summed E-state index contributed by atoms with van der Waals surface area (Å²) in [6.45, 7) is 0. The van der Waals surface area contributed by atoms with Crippen LogP contribution in [-0.2, 0) is 10.0 Å². The molecule has 0 saturated heterocycles. The smallest absolute Gasteiger partial charge is 0.258 e. The molecular weight excluding hydrogens is 290 g/mol. The molecule has 0 aliphatic rings. The molecule has 0 saturated carbocycles. The third kappa shape index (κ3) is 2.56. The van der Waals surface area contributed by atoms with Gasteiger partial charge in [-0.1, -0.05) is 6.07 Å². The lowest BCUT2D eigenvalue weighted by Gasteiger charge is -2.15. The van der Waals surface area contributed by atoms with Crippen LogP contribution in [0.15, 0.2) is 40.7 Å². The summed E-state index contributed by atoms with van der Waals surface area (Å²) in [5, 5.41) is 12.6. The molecule has 0 atom stereocenters. The van der Waals surface area contributed by atoms with Gasteiger partial charge in [0.1, 0.15) is 0 Å². The molecule has 0 bridgehead atoms. The van der Waals surface area contributed by atoms with Crippen LogP contribution < -0.4 is 4.31 Å². The molecule has 100 valence electrons. The number of nitro benzene ring substituents is 1. The predicted octanol–water partition coefficient (Wildman–Crippen LogP) is 1.88. The molecule has 0 N–H and O–H groups in total. The Morgan fingerprint density at radius 3 is 2.74 bits per heavy atom. The van der Waals surface area contributed by atoms with Crippen molar-refractivity contribution in [1.82, 2.24) is 4.98 Å². The van der Waals surface area contributed by atoms with Crippen LogP contribution in [0, 0.1) is 10.1 Å². The first kappa shape index (κ1) is 13.4. The Morgan fingerprint density at radius 2 is 2.16 bits per heavy atom. The van der Waals surface area contributed by atoms with E-state index in [1.807, 2.05) is 0 Å². The van der Waals surface area contributed by atoms with Gasteiger partial charge in [0.15, 0.2) is 5.13 Å². The van der Waals surface area contributed by atoms with E-state index in [-0.39, 0.29) is 10.6 Å². The van der Waals surface area contributed by atoms with E-state index in [1.165, 1.54) is 31.4 Å². The molecule has 0 unspecified atom stereocenters. The lowest BCUT2D eigenvalue weighted by Crippen LogP contribution is -2.26. The lowest BCUT2D eigenvalue weighted by atomic mass is 10.3. The number of non-ortho nitro benzene ring substituents is 1. The maximum absolute atomic E-state index is 12.3. The predicted molar refractivity (Wildman–Crippen MR) is 70.8 cm³/mol. The molecule has 2 aromatic rings. The minimum absolute atomic E-state index is 0.139. The molecule has 0 fully saturated rings. The number of sulfonamides is 1. The van der Waals surface area contributed by atoms with Gasteiger partial charge in [-0.3, -0.25) is 10.1 Å². The third-order valence-corrected chi connectivity index (χ3v) is 5.08. The van der Waals surface area contributed by atoms with Crippen LogP contribution in [0.3, 0.4) is 0 Å². The monoisotopic (exact) mass is 299 g/mol. The van der Waals surface area contributed by atoms with Crippen molar-refractivity contribution in [2.24, 2.45) is 0 Å². The number of nitro groups is 1. The standard InChI is InChI=1S/C10H9N3O4S2/c1-12(10-11-5-6-18-10)19(16,17)9-4-2-3-8(7-9)13(14)15/h2-7H,1H3. The Hall–Kier alpha value is -2.00. The topological polar surface area (TPSA) is 93.4 Å². The van der Waals surface area contributed by atoms with Gasteiger partial charge < -0.3 is 0 Å². The van der Waals surface area contributed by atoms with Crippen LogP contribution in [0.1, 0.15) is 0 Å². The van der Waals surface area contributed by atoms with Crippen LogP contribution in [0.2, 0.25) is 0 Å². The highest BCUT2D eigenvalue weighted by Crippen LogP contribution is 2.25. The van der Waals surface area contributed by atoms with Crippen LogP contribution in [0.25, 0.3) is 0 Å². The Kier molecular flexibility index (Phi) is 3.49. The number of benzene rings is 1. The summed E-state index contributed by atoms with van der Waals surface area (Å²) in [6, 6.07) is 4.91. The van der Waals surface area contributed by atoms with Gasteiger partial charge in [0, 0.05) is 30.8 Å². The maximum Gasteiger partial charge on any atom is 0.270 e. The fourth-order valence-electron chi connectivity index (χ4n) is 1.39. The molecule has 2 rings (SSSR count). The molecular formula is C10H9N3O4S2. The zero-order valence-corrected chi connectivity index (χ0v) is 11.4. The van der Waals surface area contributed by atoms with Crippen molar-refractivity contribution in [2.45, 2.75) is 4.90 Å². The highest BCUT2D eigenvalue weighted by atomic mass is 32.2. The summed E-state index contributed by atoms with van der Waals surface area (Å²) < 4.78 is 25.5. The lowest BCUT2D eigenvalue weighted by molar-refractivity contribution is -0.385. The van der Waals surface area contributed by atoms with Gasteiger partial charge in [0.25, 0.3) is 15.7 Å².